The van der Waals surface area contributed by atoms with E-state index in [4.69, 9.17) is 40.4 Å². The zero-order valence-corrected chi connectivity index (χ0v) is 22.0. The molecule has 2 unspecified atom stereocenters. The lowest BCUT2D eigenvalue weighted by atomic mass is 9.91. The minimum absolute atomic E-state index is 0.187. The molecule has 0 saturated carbocycles. The Balaban J connectivity index is 1.49. The number of nitrogens with one attached hydrogen (secondary N) is 2. The summed E-state index contributed by atoms with van der Waals surface area (Å²) in [5.74, 6) is -0.671. The molecule has 1 heterocycles. The molecule has 7 heteroatoms. The molecule has 0 aromatic heterocycles. The van der Waals surface area contributed by atoms with Crippen molar-refractivity contribution in [3.05, 3.63) is 135 Å². The summed E-state index contributed by atoms with van der Waals surface area (Å²) in [4.78, 5) is 19.2. The van der Waals surface area contributed by atoms with Gasteiger partial charge < -0.3 is 10.6 Å². The lowest BCUT2D eigenvalue weighted by Gasteiger charge is -2.22. The van der Waals surface area contributed by atoms with Gasteiger partial charge in [-0.15, -0.1) is 0 Å². The van der Waals surface area contributed by atoms with Gasteiger partial charge in [0.1, 0.15) is 4.99 Å². The molecule has 1 aliphatic heterocycles. The van der Waals surface area contributed by atoms with Crippen LogP contribution in [-0.4, -0.2) is 22.8 Å². The number of benzene rings is 4. The number of hydrogen-bond acceptors (Lipinski definition) is 3. The van der Waals surface area contributed by atoms with Crippen molar-refractivity contribution in [3.63, 3.8) is 0 Å². The van der Waals surface area contributed by atoms with Crippen LogP contribution in [0.25, 0.3) is 0 Å². The van der Waals surface area contributed by atoms with E-state index in [-0.39, 0.29) is 5.91 Å². The maximum absolute atomic E-state index is 13.8. The van der Waals surface area contributed by atoms with E-state index in [0.29, 0.717) is 21.5 Å². The maximum Gasteiger partial charge on any atom is 0.229 e. The summed E-state index contributed by atoms with van der Waals surface area (Å²) in [6.07, 6.45) is -0.306. The van der Waals surface area contributed by atoms with Crippen LogP contribution >= 0.6 is 35.4 Å². The number of aliphatic imine (C=N–C) groups is 1. The van der Waals surface area contributed by atoms with Crippen molar-refractivity contribution in [2.24, 2.45) is 4.99 Å². The molecule has 0 bridgehead atoms. The summed E-state index contributed by atoms with van der Waals surface area (Å²) in [6, 6.07) is 32.8. The third-order valence-electron chi connectivity index (χ3n) is 6.22. The molecule has 0 radical (unpaired) electrons. The van der Waals surface area contributed by atoms with Gasteiger partial charge in [-0.3, -0.25) is 9.79 Å². The molecular formula is C30H23Cl2N3OS. The Morgan fingerprint density at radius 1 is 0.892 bits per heavy atom. The van der Waals surface area contributed by atoms with Gasteiger partial charge >= 0.3 is 0 Å². The van der Waals surface area contributed by atoms with E-state index in [1.54, 1.807) is 12.1 Å². The second kappa shape index (κ2) is 11.3. The van der Waals surface area contributed by atoms with Gasteiger partial charge in [-0.25, -0.2) is 0 Å². The zero-order chi connectivity index (χ0) is 25.8. The summed E-state index contributed by atoms with van der Waals surface area (Å²) in [6.45, 7) is 0. The number of anilines is 1. The highest BCUT2D eigenvalue weighted by Crippen LogP contribution is 2.28. The third kappa shape index (κ3) is 5.75. The van der Waals surface area contributed by atoms with E-state index in [1.165, 1.54) is 0 Å². The Bertz CT molecular complexity index is 1470. The fraction of sp³-hybridized carbons (Fsp3) is 0.100. The number of hydrogen-bond donors (Lipinski definition) is 2. The van der Waals surface area contributed by atoms with Crippen LogP contribution in [0.3, 0.4) is 0 Å². The molecule has 1 aliphatic rings. The van der Waals surface area contributed by atoms with E-state index in [1.807, 2.05) is 91.0 Å². The van der Waals surface area contributed by atoms with E-state index >= 15 is 0 Å². The standard InChI is InChI=1S/C30H23Cl2N3OS/c31-24-16-15-19(18-25(24)32)17-23(20-9-3-1-4-10-20)29(36)35-28-30(37)33-26-14-8-7-13-22(26)27(34-28)21-11-5-2-6-12-21/h1-16,18,23,28H,17H2,(H,33,37)(H,35,36). The predicted molar refractivity (Wildman–Crippen MR) is 156 cm³/mol. The van der Waals surface area contributed by atoms with Crippen molar-refractivity contribution in [1.82, 2.24) is 5.32 Å². The fourth-order valence-corrected chi connectivity index (χ4v) is 4.91. The first kappa shape index (κ1) is 25.2. The van der Waals surface area contributed by atoms with Crippen LogP contribution in [0, 0.1) is 0 Å². The highest BCUT2D eigenvalue weighted by molar-refractivity contribution is 7.80. The molecule has 2 N–H and O–H groups in total. The summed E-state index contributed by atoms with van der Waals surface area (Å²) in [7, 11) is 0. The van der Waals surface area contributed by atoms with Crippen LogP contribution in [0.2, 0.25) is 10.0 Å². The minimum atomic E-state index is -0.745. The van der Waals surface area contributed by atoms with Gasteiger partial charge in [0.15, 0.2) is 6.17 Å². The highest BCUT2D eigenvalue weighted by Gasteiger charge is 2.28. The molecule has 5 rings (SSSR count). The molecule has 0 fully saturated rings. The SMILES string of the molecule is O=C(NC1N=C(c2ccccc2)c2ccccc2NC1=S)C(Cc1ccc(Cl)c(Cl)c1)c1ccccc1. The topological polar surface area (TPSA) is 53.5 Å². The van der Waals surface area contributed by atoms with Crippen molar-refractivity contribution in [2.45, 2.75) is 18.5 Å². The van der Waals surface area contributed by atoms with Crippen molar-refractivity contribution >= 4 is 57.7 Å². The van der Waals surface area contributed by atoms with Crippen LogP contribution in [0.15, 0.2) is 108 Å². The van der Waals surface area contributed by atoms with Crippen LogP contribution in [0.5, 0.6) is 0 Å². The van der Waals surface area contributed by atoms with E-state index in [0.717, 1.165) is 33.7 Å². The summed E-state index contributed by atoms with van der Waals surface area (Å²) < 4.78 is 0. The molecule has 1 amide bonds. The Labute approximate surface area is 231 Å². The molecule has 2 atom stereocenters. The Morgan fingerprint density at radius 2 is 1.57 bits per heavy atom. The van der Waals surface area contributed by atoms with Gasteiger partial charge in [0.05, 0.1) is 21.7 Å². The number of carbonyl (C=O) groups excluding carboxylic acids is 1. The number of rotatable bonds is 6. The third-order valence-corrected chi connectivity index (χ3v) is 7.28. The van der Waals surface area contributed by atoms with Gasteiger partial charge in [-0.1, -0.05) is 120 Å². The first-order valence-corrected chi connectivity index (χ1v) is 13.0. The molecular weight excluding hydrogens is 521 g/mol. The average molecular weight is 545 g/mol. The monoisotopic (exact) mass is 543 g/mol. The molecule has 4 aromatic carbocycles. The quantitative estimate of drug-likeness (QED) is 0.256. The second-order valence-electron chi connectivity index (χ2n) is 8.71. The van der Waals surface area contributed by atoms with Gasteiger partial charge in [-0.2, -0.15) is 0 Å². The number of thiocarbonyl (C=S) groups is 1. The smallest absolute Gasteiger partial charge is 0.229 e. The van der Waals surface area contributed by atoms with Crippen LogP contribution in [0.4, 0.5) is 5.69 Å². The summed E-state index contributed by atoms with van der Waals surface area (Å²) in [5.41, 5.74) is 5.26. The molecule has 0 saturated heterocycles. The lowest BCUT2D eigenvalue weighted by Crippen LogP contribution is -2.44. The number of benzodiazepines with no additional fused rings is 1. The zero-order valence-electron chi connectivity index (χ0n) is 19.7. The highest BCUT2D eigenvalue weighted by atomic mass is 35.5. The number of carbonyl (C=O) groups is 1. The second-order valence-corrected chi connectivity index (χ2v) is 9.96. The van der Waals surface area contributed by atoms with Gasteiger partial charge in [0.25, 0.3) is 0 Å². The van der Waals surface area contributed by atoms with E-state index in [2.05, 4.69) is 10.6 Å². The first-order chi connectivity index (χ1) is 18.0. The average Bonchev–Trinajstić information content (AvgIpc) is 3.06. The van der Waals surface area contributed by atoms with Crippen molar-refractivity contribution in [2.75, 3.05) is 5.32 Å². The molecule has 4 nitrogen and oxygen atoms in total. The minimum Gasteiger partial charge on any atom is -0.346 e. The van der Waals surface area contributed by atoms with Gasteiger partial charge in [0, 0.05) is 16.8 Å². The molecule has 0 spiro atoms. The lowest BCUT2D eigenvalue weighted by molar-refractivity contribution is -0.122. The van der Waals surface area contributed by atoms with E-state index < -0.39 is 12.1 Å². The Hall–Kier alpha value is -3.51. The molecule has 37 heavy (non-hydrogen) atoms. The Kier molecular flexibility index (Phi) is 7.65. The largest absolute Gasteiger partial charge is 0.346 e. The number of para-hydroxylation sites is 1. The number of halogens is 2. The van der Waals surface area contributed by atoms with E-state index in [9.17, 15) is 4.79 Å². The van der Waals surface area contributed by atoms with Gasteiger partial charge in [0.2, 0.25) is 5.91 Å². The van der Waals surface area contributed by atoms with Crippen molar-refractivity contribution in [3.8, 4) is 0 Å². The normalized spacial score (nSPS) is 15.6. The maximum atomic E-state index is 13.8. The van der Waals surface area contributed by atoms with Crippen LogP contribution in [0.1, 0.15) is 28.2 Å². The van der Waals surface area contributed by atoms with Crippen molar-refractivity contribution < 1.29 is 4.79 Å². The molecule has 184 valence electrons. The van der Waals surface area contributed by atoms with Gasteiger partial charge in [-0.05, 0) is 35.7 Å². The Morgan fingerprint density at radius 3 is 2.30 bits per heavy atom. The first-order valence-electron chi connectivity index (χ1n) is 11.8. The summed E-state index contributed by atoms with van der Waals surface area (Å²) in [5, 5.41) is 7.32. The van der Waals surface area contributed by atoms with Crippen molar-refractivity contribution in [1.29, 1.82) is 0 Å². The number of fused-ring (bicyclic) bond motifs is 1. The molecule has 0 aliphatic carbocycles. The summed E-state index contributed by atoms with van der Waals surface area (Å²) >= 11 is 18.1. The number of nitrogens with zero attached hydrogens (tertiary/aromatic N) is 1. The fourth-order valence-electron chi connectivity index (χ4n) is 4.37. The predicted octanol–water partition coefficient (Wildman–Crippen LogP) is 7.05. The van der Waals surface area contributed by atoms with Crippen LogP contribution in [-0.2, 0) is 11.2 Å². The molecule has 4 aromatic rings. The van der Waals surface area contributed by atoms with Crippen LogP contribution < -0.4 is 10.6 Å². The number of amides is 1.